The number of thioether (sulfide) groups is 1. The van der Waals surface area contributed by atoms with Crippen LogP contribution in [0.3, 0.4) is 0 Å². The van der Waals surface area contributed by atoms with E-state index in [1.807, 2.05) is 0 Å². The molecule has 1 unspecified atom stereocenters. The van der Waals surface area contributed by atoms with Gasteiger partial charge in [0.2, 0.25) is 0 Å². The first-order chi connectivity index (χ1) is 10.3. The van der Waals surface area contributed by atoms with Gasteiger partial charge in [0.15, 0.2) is 0 Å². The quantitative estimate of drug-likeness (QED) is 0.844. The van der Waals surface area contributed by atoms with Crippen molar-refractivity contribution in [2.24, 2.45) is 5.92 Å². The molecule has 1 saturated heterocycles. The number of nitrogens with one attached hydrogen (secondary N) is 1. The highest BCUT2D eigenvalue weighted by Crippen LogP contribution is 2.28. The number of fused-ring (bicyclic) bond motifs is 1. The van der Waals surface area contributed by atoms with Crippen LogP contribution in [0.2, 0.25) is 0 Å². The molecule has 1 aliphatic heterocycles. The molecule has 1 N–H and O–H groups in total. The van der Waals surface area contributed by atoms with E-state index in [1.165, 1.54) is 56.5 Å². The smallest absolute Gasteiger partial charge is 0.0110 e. The first-order valence-corrected chi connectivity index (χ1v) is 9.92. The highest BCUT2D eigenvalue weighted by molar-refractivity contribution is 7.99. The SMILES string of the molecule is CCNC(Cc1ccc2c(c1)CCC2)CC1CCSCC1. The number of rotatable bonds is 6. The molecule has 0 spiro atoms. The Morgan fingerprint density at radius 3 is 2.81 bits per heavy atom. The minimum absolute atomic E-state index is 0.669. The zero-order valence-electron chi connectivity index (χ0n) is 13.4. The molecule has 0 bridgehead atoms. The summed E-state index contributed by atoms with van der Waals surface area (Å²) < 4.78 is 0. The third kappa shape index (κ3) is 4.26. The van der Waals surface area contributed by atoms with E-state index in [1.54, 1.807) is 16.7 Å². The Labute approximate surface area is 134 Å². The second-order valence-corrected chi connectivity index (χ2v) is 7.93. The van der Waals surface area contributed by atoms with Gasteiger partial charge in [0.05, 0.1) is 0 Å². The maximum Gasteiger partial charge on any atom is 0.0110 e. The second kappa shape index (κ2) is 7.69. The molecule has 1 aliphatic carbocycles. The van der Waals surface area contributed by atoms with Crippen molar-refractivity contribution in [2.75, 3.05) is 18.1 Å². The summed E-state index contributed by atoms with van der Waals surface area (Å²) >= 11 is 2.14. The van der Waals surface area contributed by atoms with E-state index in [9.17, 15) is 0 Å². The molecule has 2 heteroatoms. The van der Waals surface area contributed by atoms with E-state index >= 15 is 0 Å². The fraction of sp³-hybridized carbons (Fsp3) is 0.684. The molecule has 1 aromatic rings. The summed E-state index contributed by atoms with van der Waals surface area (Å²) in [5.74, 6) is 3.70. The van der Waals surface area contributed by atoms with Crippen molar-refractivity contribution in [2.45, 2.75) is 57.9 Å². The Balaban J connectivity index is 1.61. The fourth-order valence-corrected chi connectivity index (χ4v) is 5.15. The van der Waals surface area contributed by atoms with Crippen LogP contribution in [0.25, 0.3) is 0 Å². The van der Waals surface area contributed by atoms with E-state index in [0.29, 0.717) is 6.04 Å². The molecule has 2 aliphatic rings. The third-order valence-electron chi connectivity index (χ3n) is 5.10. The largest absolute Gasteiger partial charge is 0.314 e. The van der Waals surface area contributed by atoms with Crippen molar-refractivity contribution in [1.82, 2.24) is 5.32 Å². The van der Waals surface area contributed by atoms with Gasteiger partial charge in [0.25, 0.3) is 0 Å². The van der Waals surface area contributed by atoms with Crippen LogP contribution in [0.5, 0.6) is 0 Å². The lowest BCUT2D eigenvalue weighted by Crippen LogP contribution is -2.33. The standard InChI is InChI=1S/C19H29NS/c1-2-20-19(13-15-8-10-21-11-9-15)14-16-6-7-17-4-3-5-18(17)12-16/h6-7,12,15,19-20H,2-5,8-11,13-14H2,1H3. The topological polar surface area (TPSA) is 12.0 Å². The molecule has 1 heterocycles. The molecule has 1 nitrogen and oxygen atoms in total. The Kier molecular flexibility index (Phi) is 5.65. The summed E-state index contributed by atoms with van der Waals surface area (Å²) in [4.78, 5) is 0. The van der Waals surface area contributed by atoms with Crippen LogP contribution in [0.1, 0.15) is 49.3 Å². The van der Waals surface area contributed by atoms with Gasteiger partial charge in [-0.05, 0) is 85.6 Å². The maximum absolute atomic E-state index is 3.74. The van der Waals surface area contributed by atoms with Crippen LogP contribution >= 0.6 is 11.8 Å². The van der Waals surface area contributed by atoms with Gasteiger partial charge in [-0.2, -0.15) is 11.8 Å². The molecule has 0 radical (unpaired) electrons. The molecule has 0 aromatic heterocycles. The summed E-state index contributed by atoms with van der Waals surface area (Å²) in [6.45, 7) is 3.34. The minimum atomic E-state index is 0.669. The van der Waals surface area contributed by atoms with Gasteiger partial charge in [0, 0.05) is 6.04 Å². The molecule has 1 fully saturated rings. The fourth-order valence-electron chi connectivity index (χ4n) is 3.95. The number of benzene rings is 1. The van der Waals surface area contributed by atoms with E-state index in [4.69, 9.17) is 0 Å². The van der Waals surface area contributed by atoms with E-state index in [-0.39, 0.29) is 0 Å². The van der Waals surface area contributed by atoms with Crippen molar-refractivity contribution >= 4 is 11.8 Å². The molecule has 116 valence electrons. The molecule has 3 rings (SSSR count). The average molecular weight is 304 g/mol. The number of likely N-dealkylation sites (N-methyl/N-ethyl adjacent to an activating group) is 1. The lowest BCUT2D eigenvalue weighted by atomic mass is 9.90. The first-order valence-electron chi connectivity index (χ1n) is 8.77. The van der Waals surface area contributed by atoms with Crippen LogP contribution in [0.4, 0.5) is 0 Å². The van der Waals surface area contributed by atoms with Crippen LogP contribution in [0, 0.1) is 5.92 Å². The van der Waals surface area contributed by atoms with Gasteiger partial charge >= 0.3 is 0 Å². The van der Waals surface area contributed by atoms with Gasteiger partial charge in [-0.3, -0.25) is 0 Å². The van der Waals surface area contributed by atoms with Crippen LogP contribution < -0.4 is 5.32 Å². The summed E-state index contributed by atoms with van der Waals surface area (Å²) in [5.41, 5.74) is 4.77. The van der Waals surface area contributed by atoms with Gasteiger partial charge < -0.3 is 5.32 Å². The lowest BCUT2D eigenvalue weighted by molar-refractivity contribution is 0.366. The van der Waals surface area contributed by atoms with E-state index < -0.39 is 0 Å². The van der Waals surface area contributed by atoms with Crippen molar-refractivity contribution in [3.8, 4) is 0 Å². The summed E-state index contributed by atoms with van der Waals surface area (Å²) in [5, 5.41) is 3.74. The first kappa shape index (κ1) is 15.4. The molecule has 0 amide bonds. The number of hydrogen-bond donors (Lipinski definition) is 1. The number of aryl methyl sites for hydroxylation is 2. The van der Waals surface area contributed by atoms with Crippen LogP contribution in [-0.2, 0) is 19.3 Å². The van der Waals surface area contributed by atoms with Crippen molar-refractivity contribution in [3.63, 3.8) is 0 Å². The molecule has 1 atom stereocenters. The number of hydrogen-bond acceptors (Lipinski definition) is 2. The van der Waals surface area contributed by atoms with Gasteiger partial charge in [-0.15, -0.1) is 0 Å². The maximum atomic E-state index is 3.74. The van der Waals surface area contributed by atoms with E-state index in [2.05, 4.69) is 42.2 Å². The Bertz CT molecular complexity index is 451. The summed E-state index contributed by atoms with van der Waals surface area (Å²) in [7, 11) is 0. The van der Waals surface area contributed by atoms with Gasteiger partial charge in [-0.25, -0.2) is 0 Å². The van der Waals surface area contributed by atoms with Crippen LogP contribution in [-0.4, -0.2) is 24.1 Å². The van der Waals surface area contributed by atoms with Gasteiger partial charge in [0.1, 0.15) is 0 Å². The molecule has 21 heavy (non-hydrogen) atoms. The Morgan fingerprint density at radius 1 is 1.19 bits per heavy atom. The highest BCUT2D eigenvalue weighted by Gasteiger charge is 2.19. The third-order valence-corrected chi connectivity index (χ3v) is 6.15. The van der Waals surface area contributed by atoms with Crippen LogP contribution in [0.15, 0.2) is 18.2 Å². The normalized spacial score (nSPS) is 20.4. The Hall–Kier alpha value is -0.470. The predicted octanol–water partition coefficient (Wildman–Crippen LogP) is 4.23. The Morgan fingerprint density at radius 2 is 2.00 bits per heavy atom. The molecule has 1 aromatic carbocycles. The van der Waals surface area contributed by atoms with Gasteiger partial charge in [-0.1, -0.05) is 25.1 Å². The summed E-state index contributed by atoms with van der Waals surface area (Å²) in [6, 6.07) is 7.93. The minimum Gasteiger partial charge on any atom is -0.314 e. The van der Waals surface area contributed by atoms with Crippen molar-refractivity contribution in [3.05, 3.63) is 34.9 Å². The second-order valence-electron chi connectivity index (χ2n) is 6.71. The predicted molar refractivity (Wildman–Crippen MR) is 94.3 cm³/mol. The highest BCUT2D eigenvalue weighted by atomic mass is 32.2. The molecular formula is C19H29NS. The molecular weight excluding hydrogens is 274 g/mol. The lowest BCUT2D eigenvalue weighted by Gasteiger charge is -2.27. The summed E-state index contributed by atoms with van der Waals surface area (Å²) in [6.07, 6.45) is 9.39. The molecule has 0 saturated carbocycles. The zero-order valence-corrected chi connectivity index (χ0v) is 14.2. The zero-order chi connectivity index (χ0) is 14.5. The monoisotopic (exact) mass is 303 g/mol. The van der Waals surface area contributed by atoms with Crippen molar-refractivity contribution in [1.29, 1.82) is 0 Å². The van der Waals surface area contributed by atoms with E-state index in [0.717, 1.165) is 12.5 Å². The average Bonchev–Trinajstić information content (AvgIpc) is 2.96. The van der Waals surface area contributed by atoms with Crippen molar-refractivity contribution < 1.29 is 0 Å².